The molecule has 1 aromatic carbocycles. The summed E-state index contributed by atoms with van der Waals surface area (Å²) in [6.45, 7) is 0. The SMILES string of the molecule is Br.O=[N+]([O-])c1cccc([N+](=O)[O-])c1[Se]. The van der Waals surface area contributed by atoms with Crippen LogP contribution in [-0.4, -0.2) is 25.9 Å². The normalized spacial score (nSPS) is 8.86. The zero-order valence-electron chi connectivity index (χ0n) is 6.58. The molecule has 0 fully saturated rings. The fourth-order valence-corrected chi connectivity index (χ4v) is 1.40. The van der Waals surface area contributed by atoms with E-state index in [1.165, 1.54) is 18.2 Å². The summed E-state index contributed by atoms with van der Waals surface area (Å²) in [6, 6.07) is 3.69. The number of nitrogens with zero attached hydrogens (tertiary/aromatic N) is 2. The average molecular weight is 327 g/mol. The van der Waals surface area contributed by atoms with E-state index in [0.29, 0.717) is 0 Å². The predicted molar refractivity (Wildman–Crippen MR) is 55.5 cm³/mol. The molecule has 6 nitrogen and oxygen atoms in total. The number of nitro benzene ring substituents is 2. The number of rotatable bonds is 2. The molecule has 1 radical (unpaired) electrons. The van der Waals surface area contributed by atoms with Crippen LogP contribution < -0.4 is 4.46 Å². The van der Waals surface area contributed by atoms with Gasteiger partial charge in [-0.15, -0.1) is 17.0 Å². The molecule has 0 saturated carbocycles. The Hall–Kier alpha value is -0.981. The van der Waals surface area contributed by atoms with Gasteiger partial charge >= 0.3 is 80.1 Å². The second-order valence-corrected chi connectivity index (χ2v) is 3.00. The van der Waals surface area contributed by atoms with Crippen molar-refractivity contribution in [2.24, 2.45) is 0 Å². The number of halogens is 1. The van der Waals surface area contributed by atoms with E-state index in [9.17, 15) is 20.2 Å². The zero-order chi connectivity index (χ0) is 10.0. The van der Waals surface area contributed by atoms with E-state index >= 15 is 0 Å². The Bertz CT molecular complexity index is 352. The first kappa shape index (κ1) is 13.0. The van der Waals surface area contributed by atoms with Crippen molar-refractivity contribution in [3.63, 3.8) is 0 Å². The van der Waals surface area contributed by atoms with Crippen molar-refractivity contribution >= 4 is 48.8 Å². The van der Waals surface area contributed by atoms with E-state index in [2.05, 4.69) is 16.0 Å². The number of benzene rings is 1. The fraction of sp³-hybridized carbons (Fsp3) is 0. The Morgan fingerprint density at radius 3 is 1.71 bits per heavy atom. The second kappa shape index (κ2) is 5.04. The van der Waals surface area contributed by atoms with Crippen LogP contribution in [0.5, 0.6) is 0 Å². The molecule has 0 unspecified atom stereocenters. The van der Waals surface area contributed by atoms with Crippen LogP contribution in [0.15, 0.2) is 18.2 Å². The molecule has 0 bridgehead atoms. The minimum absolute atomic E-state index is 0. The van der Waals surface area contributed by atoms with Gasteiger partial charge in [0.15, 0.2) is 0 Å². The molecule has 0 aliphatic heterocycles. The van der Waals surface area contributed by atoms with Gasteiger partial charge in [-0.3, -0.25) is 0 Å². The molecule has 0 atom stereocenters. The summed E-state index contributed by atoms with van der Waals surface area (Å²) in [6.07, 6.45) is 0. The molecular weight excluding hydrogens is 323 g/mol. The third-order valence-corrected chi connectivity index (χ3v) is 2.24. The van der Waals surface area contributed by atoms with Crippen molar-refractivity contribution in [3.05, 3.63) is 38.4 Å². The molecule has 75 valence electrons. The van der Waals surface area contributed by atoms with Gasteiger partial charge in [0.25, 0.3) is 0 Å². The van der Waals surface area contributed by atoms with Crippen LogP contribution in [0.2, 0.25) is 0 Å². The van der Waals surface area contributed by atoms with Gasteiger partial charge in [-0.05, 0) is 0 Å². The van der Waals surface area contributed by atoms with Gasteiger partial charge in [-0.2, -0.15) is 0 Å². The third-order valence-electron chi connectivity index (χ3n) is 1.37. The number of hydrogen-bond donors (Lipinski definition) is 0. The van der Waals surface area contributed by atoms with Gasteiger partial charge in [0.2, 0.25) is 0 Å². The van der Waals surface area contributed by atoms with E-state index < -0.39 is 9.85 Å². The first-order valence-electron chi connectivity index (χ1n) is 3.13. The van der Waals surface area contributed by atoms with Crippen molar-refractivity contribution < 1.29 is 9.85 Å². The third kappa shape index (κ3) is 2.50. The van der Waals surface area contributed by atoms with Crippen molar-refractivity contribution in [2.45, 2.75) is 0 Å². The quantitative estimate of drug-likeness (QED) is 0.458. The van der Waals surface area contributed by atoms with Gasteiger partial charge < -0.3 is 0 Å². The summed E-state index contributed by atoms with van der Waals surface area (Å²) in [7, 11) is 0. The zero-order valence-corrected chi connectivity index (χ0v) is 10.0. The first-order chi connectivity index (χ1) is 6.04. The fourth-order valence-electron chi connectivity index (χ4n) is 0.801. The van der Waals surface area contributed by atoms with E-state index in [0.717, 1.165) is 0 Å². The molecule has 1 aromatic rings. The van der Waals surface area contributed by atoms with Crippen molar-refractivity contribution in [1.82, 2.24) is 0 Å². The Morgan fingerprint density at radius 1 is 1.07 bits per heavy atom. The van der Waals surface area contributed by atoms with Crippen LogP contribution in [0.3, 0.4) is 0 Å². The Kier molecular flexibility index (Phi) is 4.69. The number of hydrogen-bond acceptors (Lipinski definition) is 4. The van der Waals surface area contributed by atoms with E-state index in [1.54, 1.807) is 0 Å². The first-order valence-corrected chi connectivity index (χ1v) is 3.98. The van der Waals surface area contributed by atoms with Crippen LogP contribution in [0.4, 0.5) is 11.4 Å². The molecule has 8 heteroatoms. The Morgan fingerprint density at radius 2 is 1.43 bits per heavy atom. The monoisotopic (exact) mass is 327 g/mol. The van der Waals surface area contributed by atoms with E-state index in [4.69, 9.17) is 0 Å². The molecule has 0 saturated heterocycles. The van der Waals surface area contributed by atoms with Gasteiger partial charge in [0.1, 0.15) is 0 Å². The van der Waals surface area contributed by atoms with Crippen LogP contribution in [0.1, 0.15) is 0 Å². The average Bonchev–Trinajstić information content (AvgIpc) is 2.03. The molecule has 1 rings (SSSR count). The Balaban J connectivity index is 0.00000169. The topological polar surface area (TPSA) is 86.3 Å². The van der Waals surface area contributed by atoms with E-state index in [-0.39, 0.29) is 32.8 Å². The molecule has 0 aliphatic carbocycles. The molecule has 0 aromatic heterocycles. The second-order valence-electron chi connectivity index (χ2n) is 2.14. The van der Waals surface area contributed by atoms with Gasteiger partial charge in [-0.25, -0.2) is 0 Å². The summed E-state index contributed by atoms with van der Waals surface area (Å²) in [5, 5.41) is 20.7. The minimum atomic E-state index is -0.668. The maximum atomic E-state index is 10.4. The van der Waals surface area contributed by atoms with Gasteiger partial charge in [-0.1, -0.05) is 0 Å². The van der Waals surface area contributed by atoms with Crippen LogP contribution >= 0.6 is 17.0 Å². The Labute approximate surface area is 97.2 Å². The summed E-state index contributed by atoms with van der Waals surface area (Å²) < 4.78 is -0.0440. The van der Waals surface area contributed by atoms with Crippen LogP contribution in [-0.2, 0) is 0 Å². The van der Waals surface area contributed by atoms with Crippen molar-refractivity contribution in [2.75, 3.05) is 0 Å². The van der Waals surface area contributed by atoms with Gasteiger partial charge in [0, 0.05) is 0 Å². The molecular formula is C6H4BrN2O4Se. The predicted octanol–water partition coefficient (Wildman–Crippen LogP) is 0.875. The molecule has 0 N–H and O–H groups in total. The maximum absolute atomic E-state index is 10.4. The van der Waals surface area contributed by atoms with Gasteiger partial charge in [0.05, 0.1) is 0 Å². The summed E-state index contributed by atoms with van der Waals surface area (Å²) in [4.78, 5) is 19.4. The molecule has 14 heavy (non-hydrogen) atoms. The number of nitro groups is 2. The molecule has 0 amide bonds. The van der Waals surface area contributed by atoms with Crippen molar-refractivity contribution in [1.29, 1.82) is 0 Å². The molecule has 0 spiro atoms. The summed E-state index contributed by atoms with van der Waals surface area (Å²) in [5.74, 6) is 0. The van der Waals surface area contributed by atoms with E-state index in [1.807, 2.05) is 0 Å². The standard InChI is InChI=1S/C6H3N2O4Se.BrH/c9-7(10)4-2-1-3-5(6(4)13)8(11)12;/h1-3H;1H. The summed E-state index contributed by atoms with van der Waals surface area (Å²) >= 11 is 2.32. The van der Waals surface area contributed by atoms with Crippen molar-refractivity contribution in [3.8, 4) is 0 Å². The van der Waals surface area contributed by atoms with Crippen LogP contribution in [0, 0.1) is 20.2 Å². The molecule has 0 aliphatic rings. The molecule has 0 heterocycles. The van der Waals surface area contributed by atoms with Crippen LogP contribution in [0.25, 0.3) is 0 Å². The summed E-state index contributed by atoms with van der Waals surface area (Å²) in [5.41, 5.74) is -0.566.